The van der Waals surface area contributed by atoms with Crippen LogP contribution in [0.2, 0.25) is 0 Å². The van der Waals surface area contributed by atoms with Gasteiger partial charge in [0.25, 0.3) is 0 Å². The summed E-state index contributed by atoms with van der Waals surface area (Å²) in [5, 5.41) is 10.5. The van der Waals surface area contributed by atoms with E-state index in [1.807, 2.05) is 0 Å². The Kier molecular flexibility index (Phi) is 2.53. The molecule has 2 aromatic rings. The number of hydrogen-bond acceptors (Lipinski definition) is 4. The summed E-state index contributed by atoms with van der Waals surface area (Å²) in [6.07, 6.45) is 1.34. The van der Waals surface area contributed by atoms with Gasteiger partial charge in [-0.1, -0.05) is 12.1 Å². The van der Waals surface area contributed by atoms with Crippen molar-refractivity contribution < 1.29 is 4.39 Å². The zero-order valence-electron chi connectivity index (χ0n) is 8.11. The van der Waals surface area contributed by atoms with Gasteiger partial charge in [-0.3, -0.25) is 0 Å². The molecular weight excluding hydrogens is 195 g/mol. The molecule has 4 nitrogen and oxygen atoms in total. The molecule has 0 saturated carbocycles. The third-order valence-corrected chi connectivity index (χ3v) is 1.96. The summed E-state index contributed by atoms with van der Waals surface area (Å²) in [5.41, 5.74) is 1.19. The zero-order valence-corrected chi connectivity index (χ0v) is 8.11. The molecule has 0 aliphatic heterocycles. The fourth-order valence-corrected chi connectivity index (χ4v) is 1.29. The smallest absolute Gasteiger partial charge is 0.156 e. The fraction of sp³-hybridized carbons (Fsp3) is 0.100. The van der Waals surface area contributed by atoms with Gasteiger partial charge in [-0.05, 0) is 12.1 Å². The number of nitrogens with one attached hydrogen (secondary N) is 1. The molecule has 0 spiro atoms. The second-order valence-corrected chi connectivity index (χ2v) is 2.92. The Morgan fingerprint density at radius 1 is 1.33 bits per heavy atom. The van der Waals surface area contributed by atoms with E-state index in [-0.39, 0.29) is 5.82 Å². The summed E-state index contributed by atoms with van der Waals surface area (Å²) >= 11 is 0. The largest absolute Gasteiger partial charge is 0.371 e. The van der Waals surface area contributed by atoms with E-state index in [0.29, 0.717) is 17.1 Å². The molecule has 1 N–H and O–H groups in total. The number of halogens is 1. The number of rotatable bonds is 2. The van der Waals surface area contributed by atoms with E-state index in [0.717, 1.165) is 0 Å². The average molecular weight is 204 g/mol. The van der Waals surface area contributed by atoms with Crippen LogP contribution in [0.5, 0.6) is 0 Å². The minimum Gasteiger partial charge on any atom is -0.371 e. The van der Waals surface area contributed by atoms with E-state index in [1.165, 1.54) is 18.5 Å². The van der Waals surface area contributed by atoms with E-state index in [4.69, 9.17) is 0 Å². The van der Waals surface area contributed by atoms with Crippen LogP contribution in [0.1, 0.15) is 0 Å². The predicted molar refractivity (Wildman–Crippen MR) is 54.8 cm³/mol. The van der Waals surface area contributed by atoms with E-state index in [1.54, 1.807) is 19.2 Å². The summed E-state index contributed by atoms with van der Waals surface area (Å²) in [5.74, 6) is 0.274. The van der Waals surface area contributed by atoms with Gasteiger partial charge in [-0.25, -0.2) is 9.37 Å². The van der Waals surface area contributed by atoms with Crippen LogP contribution >= 0.6 is 0 Å². The lowest BCUT2D eigenvalue weighted by molar-refractivity contribution is 0.628. The fourth-order valence-electron chi connectivity index (χ4n) is 1.29. The second-order valence-electron chi connectivity index (χ2n) is 2.92. The van der Waals surface area contributed by atoms with Crippen LogP contribution in [0.3, 0.4) is 0 Å². The number of hydrogen-bond donors (Lipinski definition) is 1. The van der Waals surface area contributed by atoms with Crippen molar-refractivity contribution in [1.82, 2.24) is 15.2 Å². The first-order chi connectivity index (χ1) is 7.31. The van der Waals surface area contributed by atoms with Gasteiger partial charge in [0.2, 0.25) is 0 Å². The molecule has 1 aromatic heterocycles. The monoisotopic (exact) mass is 204 g/mol. The molecule has 5 heteroatoms. The maximum atomic E-state index is 13.0. The first-order valence-corrected chi connectivity index (χ1v) is 4.42. The Balaban J connectivity index is 2.53. The molecule has 1 aromatic carbocycles. The van der Waals surface area contributed by atoms with Crippen LogP contribution < -0.4 is 5.32 Å². The minimum absolute atomic E-state index is 0.305. The Hall–Kier alpha value is -2.04. The van der Waals surface area contributed by atoms with Gasteiger partial charge in [-0.2, -0.15) is 0 Å². The first kappa shape index (κ1) is 9.51. The highest BCUT2D eigenvalue weighted by Crippen LogP contribution is 2.22. The number of aromatic nitrogens is 3. The topological polar surface area (TPSA) is 50.7 Å². The molecule has 0 unspecified atom stereocenters. The third-order valence-electron chi connectivity index (χ3n) is 1.96. The van der Waals surface area contributed by atoms with Crippen molar-refractivity contribution in [1.29, 1.82) is 0 Å². The summed E-state index contributed by atoms with van der Waals surface area (Å²) in [7, 11) is 1.73. The molecule has 0 aliphatic rings. The molecule has 2 rings (SSSR count). The van der Waals surface area contributed by atoms with Crippen molar-refractivity contribution in [3.63, 3.8) is 0 Å². The number of nitrogens with zero attached hydrogens (tertiary/aromatic N) is 3. The van der Waals surface area contributed by atoms with Crippen molar-refractivity contribution in [2.45, 2.75) is 0 Å². The molecule has 0 radical (unpaired) electrons. The number of anilines is 1. The molecule has 1 heterocycles. The summed E-state index contributed by atoms with van der Waals surface area (Å²) in [6, 6.07) is 6.16. The van der Waals surface area contributed by atoms with E-state index < -0.39 is 0 Å². The first-order valence-electron chi connectivity index (χ1n) is 4.42. The van der Waals surface area contributed by atoms with E-state index >= 15 is 0 Å². The van der Waals surface area contributed by atoms with Crippen molar-refractivity contribution in [2.75, 3.05) is 12.4 Å². The van der Waals surface area contributed by atoms with Gasteiger partial charge in [0.1, 0.15) is 17.8 Å². The molecule has 0 bridgehead atoms. The summed E-state index contributed by atoms with van der Waals surface area (Å²) in [6.45, 7) is 0. The van der Waals surface area contributed by atoms with Crippen LogP contribution in [-0.2, 0) is 0 Å². The van der Waals surface area contributed by atoms with Crippen molar-refractivity contribution in [2.24, 2.45) is 0 Å². The van der Waals surface area contributed by atoms with Crippen LogP contribution in [0.25, 0.3) is 11.3 Å². The van der Waals surface area contributed by atoms with E-state index in [2.05, 4.69) is 20.5 Å². The van der Waals surface area contributed by atoms with Crippen LogP contribution in [-0.4, -0.2) is 22.2 Å². The standard InChI is InChI=1S/C10H9FN4/c1-12-10-9(15-14-6-13-10)7-3-2-4-8(11)5-7/h2-6H,1H3,(H,12,13,14). The molecule has 0 amide bonds. The van der Waals surface area contributed by atoms with Crippen LogP contribution in [0.15, 0.2) is 30.6 Å². The molecule has 0 saturated heterocycles. The summed E-state index contributed by atoms with van der Waals surface area (Å²) in [4.78, 5) is 4.00. The van der Waals surface area contributed by atoms with Gasteiger partial charge in [-0.15, -0.1) is 10.2 Å². The molecule has 0 fully saturated rings. The normalized spacial score (nSPS) is 10.0. The molecular formula is C10H9FN4. The highest BCUT2D eigenvalue weighted by molar-refractivity contribution is 5.70. The van der Waals surface area contributed by atoms with Crippen molar-refractivity contribution >= 4 is 5.82 Å². The van der Waals surface area contributed by atoms with Gasteiger partial charge in [0.15, 0.2) is 5.82 Å². The zero-order chi connectivity index (χ0) is 10.7. The maximum Gasteiger partial charge on any atom is 0.156 e. The highest BCUT2D eigenvalue weighted by atomic mass is 19.1. The molecule has 0 atom stereocenters. The third kappa shape index (κ3) is 1.90. The maximum absolute atomic E-state index is 13.0. The van der Waals surface area contributed by atoms with E-state index in [9.17, 15) is 4.39 Å². The lowest BCUT2D eigenvalue weighted by Crippen LogP contribution is -1.99. The Morgan fingerprint density at radius 3 is 2.93 bits per heavy atom. The SMILES string of the molecule is CNc1ncnnc1-c1cccc(F)c1. The van der Waals surface area contributed by atoms with Gasteiger partial charge in [0, 0.05) is 12.6 Å². The Morgan fingerprint density at radius 2 is 2.20 bits per heavy atom. The molecule has 76 valence electrons. The van der Waals surface area contributed by atoms with Gasteiger partial charge in [0.05, 0.1) is 0 Å². The van der Waals surface area contributed by atoms with Crippen LogP contribution in [0, 0.1) is 5.82 Å². The predicted octanol–water partition coefficient (Wildman–Crippen LogP) is 1.72. The molecule has 0 aliphatic carbocycles. The Bertz CT molecular complexity index is 472. The van der Waals surface area contributed by atoms with Gasteiger partial charge < -0.3 is 5.32 Å². The quantitative estimate of drug-likeness (QED) is 0.809. The van der Waals surface area contributed by atoms with Gasteiger partial charge >= 0.3 is 0 Å². The second kappa shape index (κ2) is 4.00. The summed E-state index contributed by atoms with van der Waals surface area (Å²) < 4.78 is 13.0. The van der Waals surface area contributed by atoms with Crippen LogP contribution in [0.4, 0.5) is 10.2 Å². The highest BCUT2D eigenvalue weighted by Gasteiger charge is 2.07. The van der Waals surface area contributed by atoms with Crippen molar-refractivity contribution in [3.05, 3.63) is 36.4 Å². The minimum atomic E-state index is -0.305. The lowest BCUT2D eigenvalue weighted by atomic mass is 10.1. The number of benzene rings is 1. The Labute approximate surface area is 86.2 Å². The molecule has 15 heavy (non-hydrogen) atoms. The lowest BCUT2D eigenvalue weighted by Gasteiger charge is -2.04. The average Bonchev–Trinajstić information content (AvgIpc) is 2.29. The van der Waals surface area contributed by atoms with Crippen molar-refractivity contribution in [3.8, 4) is 11.3 Å².